The molecule has 0 radical (unpaired) electrons. The molecule has 3 nitrogen and oxygen atoms in total. The number of benzene rings is 1. The molecular formula is C18H23N2O+. The number of aliphatic hydroxyl groups is 1. The second kappa shape index (κ2) is 7.60. The molecule has 0 bridgehead atoms. The first-order chi connectivity index (χ1) is 10.2. The highest BCUT2D eigenvalue weighted by molar-refractivity contribution is 5.79. The Bertz CT molecular complexity index is 576. The molecule has 1 aromatic carbocycles. The fraction of sp³-hybridized carbons (Fsp3) is 0.278. The first-order valence-corrected chi connectivity index (χ1v) is 7.33. The van der Waals surface area contributed by atoms with E-state index in [4.69, 9.17) is 0 Å². The van der Waals surface area contributed by atoms with Crippen molar-refractivity contribution in [2.75, 3.05) is 20.2 Å². The monoisotopic (exact) mass is 283 g/mol. The van der Waals surface area contributed by atoms with Crippen LogP contribution in [0.25, 0.3) is 11.8 Å². The van der Waals surface area contributed by atoms with Gasteiger partial charge in [-0.05, 0) is 18.6 Å². The van der Waals surface area contributed by atoms with Gasteiger partial charge in [-0.3, -0.25) is 0 Å². The van der Waals surface area contributed by atoms with Crippen LogP contribution < -0.4 is 4.57 Å². The molecule has 3 heteroatoms. The average molecular weight is 283 g/mol. The van der Waals surface area contributed by atoms with Crippen LogP contribution in [0.15, 0.2) is 54.9 Å². The standard InChI is InChI=1S/C18H23N2O/c1-3-20-11-9-17(10-12-20)18(19(2)13-14-21)15-16-7-5-4-6-8-16/h4-12,15,21H,3,13-14H2,1-2H3/q+1. The second-order valence-corrected chi connectivity index (χ2v) is 5.00. The third-order valence-corrected chi connectivity index (χ3v) is 3.50. The molecule has 0 aliphatic heterocycles. The summed E-state index contributed by atoms with van der Waals surface area (Å²) in [6, 6.07) is 14.5. The van der Waals surface area contributed by atoms with Crippen molar-refractivity contribution >= 4 is 11.8 Å². The van der Waals surface area contributed by atoms with Gasteiger partial charge in [0.2, 0.25) is 0 Å². The molecule has 2 rings (SSSR count). The number of likely N-dealkylation sites (N-methyl/N-ethyl adjacent to an activating group) is 1. The van der Waals surface area contributed by atoms with Crippen molar-refractivity contribution in [3.05, 3.63) is 66.0 Å². The summed E-state index contributed by atoms with van der Waals surface area (Å²) in [7, 11) is 2.01. The van der Waals surface area contributed by atoms with Crippen molar-refractivity contribution in [3.63, 3.8) is 0 Å². The Morgan fingerprint density at radius 2 is 1.81 bits per heavy atom. The largest absolute Gasteiger partial charge is 0.395 e. The average Bonchev–Trinajstić information content (AvgIpc) is 2.54. The molecule has 0 saturated heterocycles. The van der Waals surface area contributed by atoms with E-state index in [1.54, 1.807) is 0 Å². The molecule has 1 N–H and O–H groups in total. The lowest BCUT2D eigenvalue weighted by atomic mass is 10.1. The summed E-state index contributed by atoms with van der Waals surface area (Å²) in [6.45, 7) is 3.84. The minimum Gasteiger partial charge on any atom is -0.395 e. The number of aryl methyl sites for hydroxylation is 1. The van der Waals surface area contributed by atoms with Crippen LogP contribution in [0.4, 0.5) is 0 Å². The molecule has 110 valence electrons. The van der Waals surface area contributed by atoms with E-state index in [1.165, 1.54) is 0 Å². The van der Waals surface area contributed by atoms with Crippen LogP contribution in [0.2, 0.25) is 0 Å². The fourth-order valence-electron chi connectivity index (χ4n) is 2.23. The van der Waals surface area contributed by atoms with E-state index in [2.05, 4.69) is 59.1 Å². The minimum absolute atomic E-state index is 0.143. The summed E-state index contributed by atoms with van der Waals surface area (Å²) in [5, 5.41) is 9.21. The molecule has 0 fully saturated rings. The van der Waals surface area contributed by atoms with Crippen LogP contribution in [0.3, 0.4) is 0 Å². The van der Waals surface area contributed by atoms with Gasteiger partial charge in [-0.1, -0.05) is 30.3 Å². The number of pyridine rings is 1. The van der Waals surface area contributed by atoms with Crippen LogP contribution in [0.1, 0.15) is 18.1 Å². The Labute approximate surface area is 126 Å². The van der Waals surface area contributed by atoms with Gasteiger partial charge < -0.3 is 10.0 Å². The second-order valence-electron chi connectivity index (χ2n) is 5.00. The Hall–Kier alpha value is -2.13. The van der Waals surface area contributed by atoms with Gasteiger partial charge in [-0.25, -0.2) is 4.57 Å². The maximum Gasteiger partial charge on any atom is 0.169 e. The lowest BCUT2D eigenvalue weighted by molar-refractivity contribution is -0.693. The zero-order valence-electron chi connectivity index (χ0n) is 12.7. The van der Waals surface area contributed by atoms with Gasteiger partial charge in [-0.15, -0.1) is 0 Å². The molecule has 0 unspecified atom stereocenters. The summed E-state index contributed by atoms with van der Waals surface area (Å²) in [5.41, 5.74) is 3.42. The van der Waals surface area contributed by atoms with Crippen LogP contribution in [0, 0.1) is 0 Å². The summed E-state index contributed by atoms with van der Waals surface area (Å²) >= 11 is 0. The van der Waals surface area contributed by atoms with Crippen molar-refractivity contribution in [1.82, 2.24) is 4.90 Å². The van der Waals surface area contributed by atoms with E-state index in [0.29, 0.717) is 6.54 Å². The lowest BCUT2D eigenvalue weighted by Crippen LogP contribution is -2.31. The first-order valence-electron chi connectivity index (χ1n) is 7.33. The van der Waals surface area contributed by atoms with Gasteiger partial charge in [0.1, 0.15) is 6.54 Å². The van der Waals surface area contributed by atoms with Gasteiger partial charge in [0.05, 0.1) is 6.61 Å². The van der Waals surface area contributed by atoms with Crippen molar-refractivity contribution in [2.45, 2.75) is 13.5 Å². The summed E-state index contributed by atoms with van der Waals surface area (Å²) in [6.07, 6.45) is 6.32. The molecule has 0 saturated carbocycles. The number of nitrogens with zero attached hydrogens (tertiary/aromatic N) is 2. The zero-order valence-corrected chi connectivity index (χ0v) is 12.7. The van der Waals surface area contributed by atoms with E-state index in [1.807, 2.05) is 25.2 Å². The number of rotatable bonds is 6. The summed E-state index contributed by atoms with van der Waals surface area (Å²) in [4.78, 5) is 2.08. The minimum atomic E-state index is 0.143. The molecule has 2 aromatic rings. The van der Waals surface area contributed by atoms with Crippen molar-refractivity contribution < 1.29 is 9.67 Å². The molecule has 0 spiro atoms. The molecule has 1 heterocycles. The molecule has 0 aliphatic carbocycles. The number of hydrogen-bond acceptors (Lipinski definition) is 2. The molecule has 0 atom stereocenters. The third-order valence-electron chi connectivity index (χ3n) is 3.50. The van der Waals surface area contributed by atoms with Gasteiger partial charge in [0.15, 0.2) is 12.4 Å². The highest BCUT2D eigenvalue weighted by Crippen LogP contribution is 2.20. The van der Waals surface area contributed by atoms with Gasteiger partial charge in [0.25, 0.3) is 0 Å². The Morgan fingerprint density at radius 3 is 2.38 bits per heavy atom. The van der Waals surface area contributed by atoms with Crippen molar-refractivity contribution in [1.29, 1.82) is 0 Å². The Balaban J connectivity index is 2.37. The van der Waals surface area contributed by atoms with Crippen LogP contribution in [0.5, 0.6) is 0 Å². The highest BCUT2D eigenvalue weighted by Gasteiger charge is 2.09. The van der Waals surface area contributed by atoms with Gasteiger partial charge in [-0.2, -0.15) is 0 Å². The van der Waals surface area contributed by atoms with E-state index in [-0.39, 0.29) is 6.61 Å². The Morgan fingerprint density at radius 1 is 1.14 bits per heavy atom. The predicted molar refractivity (Wildman–Crippen MR) is 86.3 cm³/mol. The molecule has 0 amide bonds. The molecular weight excluding hydrogens is 260 g/mol. The number of aromatic nitrogens is 1. The zero-order chi connectivity index (χ0) is 15.1. The van der Waals surface area contributed by atoms with Crippen LogP contribution >= 0.6 is 0 Å². The quantitative estimate of drug-likeness (QED) is 0.824. The predicted octanol–water partition coefficient (Wildman–Crippen LogP) is 2.42. The van der Waals surface area contributed by atoms with Crippen molar-refractivity contribution in [2.24, 2.45) is 0 Å². The number of aliphatic hydroxyl groups excluding tert-OH is 1. The van der Waals surface area contributed by atoms with E-state index in [0.717, 1.165) is 23.4 Å². The SMILES string of the molecule is CC[n+]1ccc(C(=Cc2ccccc2)N(C)CCO)cc1. The Kier molecular flexibility index (Phi) is 5.52. The lowest BCUT2D eigenvalue weighted by Gasteiger charge is -2.22. The highest BCUT2D eigenvalue weighted by atomic mass is 16.3. The van der Waals surface area contributed by atoms with Gasteiger partial charge >= 0.3 is 0 Å². The first kappa shape index (κ1) is 15.3. The molecule has 21 heavy (non-hydrogen) atoms. The van der Waals surface area contributed by atoms with Crippen molar-refractivity contribution in [3.8, 4) is 0 Å². The van der Waals surface area contributed by atoms with Crippen LogP contribution in [-0.4, -0.2) is 30.2 Å². The summed E-state index contributed by atoms with van der Waals surface area (Å²) in [5.74, 6) is 0. The van der Waals surface area contributed by atoms with E-state index >= 15 is 0 Å². The van der Waals surface area contributed by atoms with Crippen LogP contribution in [-0.2, 0) is 6.54 Å². The van der Waals surface area contributed by atoms with Gasteiger partial charge in [0, 0.05) is 37.0 Å². The van der Waals surface area contributed by atoms with E-state index in [9.17, 15) is 5.11 Å². The third kappa shape index (κ3) is 4.17. The maximum atomic E-state index is 9.21. The normalized spacial score (nSPS) is 11.5. The smallest absolute Gasteiger partial charge is 0.169 e. The molecule has 1 aromatic heterocycles. The molecule has 0 aliphatic rings. The summed E-state index contributed by atoms with van der Waals surface area (Å²) < 4.78 is 2.13. The number of hydrogen-bond donors (Lipinski definition) is 1. The van der Waals surface area contributed by atoms with E-state index < -0.39 is 0 Å². The maximum absolute atomic E-state index is 9.21. The topological polar surface area (TPSA) is 27.4 Å². The fourth-order valence-corrected chi connectivity index (χ4v) is 2.23.